The van der Waals surface area contributed by atoms with E-state index in [9.17, 15) is 9.90 Å². The molecule has 1 aromatic rings. The third-order valence-corrected chi connectivity index (χ3v) is 4.46. The van der Waals surface area contributed by atoms with Crippen molar-refractivity contribution in [2.45, 2.75) is 65.9 Å². The predicted octanol–water partition coefficient (Wildman–Crippen LogP) is 2.90. The second kappa shape index (κ2) is 6.88. The lowest BCUT2D eigenvalue weighted by molar-refractivity contribution is -0.121. The van der Waals surface area contributed by atoms with E-state index in [0.717, 1.165) is 10.7 Å². The third-order valence-electron chi connectivity index (χ3n) is 3.15. The highest BCUT2D eigenvalue weighted by molar-refractivity contribution is 7.09. The molecule has 0 aliphatic carbocycles. The summed E-state index contributed by atoms with van der Waals surface area (Å²) >= 11 is 1.61. The van der Waals surface area contributed by atoms with Gasteiger partial charge in [-0.3, -0.25) is 4.79 Å². The summed E-state index contributed by atoms with van der Waals surface area (Å²) in [5, 5.41) is 15.4. The molecule has 1 aromatic heterocycles. The first-order valence-electron chi connectivity index (χ1n) is 7.39. The smallest absolute Gasteiger partial charge is 0.226 e. The van der Waals surface area contributed by atoms with Gasteiger partial charge in [-0.2, -0.15) is 0 Å². The number of hydrogen-bond donors (Lipinski definition) is 2. The fraction of sp³-hybridized carbons (Fsp3) is 0.750. The Kier molecular flexibility index (Phi) is 5.93. The Hall–Kier alpha value is -0.940. The minimum atomic E-state index is -0.357. The molecule has 21 heavy (non-hydrogen) atoms. The van der Waals surface area contributed by atoms with Crippen molar-refractivity contribution in [1.29, 1.82) is 0 Å². The van der Waals surface area contributed by atoms with Crippen molar-refractivity contribution in [3.63, 3.8) is 0 Å². The van der Waals surface area contributed by atoms with Crippen LogP contribution in [-0.4, -0.2) is 28.6 Å². The van der Waals surface area contributed by atoms with Crippen LogP contribution in [0, 0.1) is 5.41 Å². The number of hydrogen-bond acceptors (Lipinski definition) is 4. The molecule has 1 heterocycles. The van der Waals surface area contributed by atoms with Crippen molar-refractivity contribution < 1.29 is 9.90 Å². The molecule has 1 unspecified atom stereocenters. The van der Waals surface area contributed by atoms with Gasteiger partial charge in [0.2, 0.25) is 5.91 Å². The summed E-state index contributed by atoms with van der Waals surface area (Å²) in [7, 11) is 0. The first kappa shape index (κ1) is 18.1. The van der Waals surface area contributed by atoms with Gasteiger partial charge >= 0.3 is 0 Å². The van der Waals surface area contributed by atoms with Crippen molar-refractivity contribution >= 4 is 17.2 Å². The van der Waals surface area contributed by atoms with E-state index >= 15 is 0 Å². The SMILES string of the molecule is CC(O)CC(C)(C)CNC(=O)Cc1csc(C(C)(C)C)n1. The van der Waals surface area contributed by atoms with Gasteiger partial charge in [0.25, 0.3) is 0 Å². The van der Waals surface area contributed by atoms with Crippen LogP contribution < -0.4 is 5.32 Å². The normalized spacial score (nSPS) is 14.0. The number of aliphatic hydroxyl groups excluding tert-OH is 1. The summed E-state index contributed by atoms with van der Waals surface area (Å²) in [6.07, 6.45) is 0.625. The lowest BCUT2D eigenvalue weighted by Gasteiger charge is -2.26. The average molecular weight is 312 g/mol. The number of carbonyl (C=O) groups is 1. The van der Waals surface area contributed by atoms with E-state index < -0.39 is 0 Å². The molecule has 0 aliphatic heterocycles. The zero-order valence-electron chi connectivity index (χ0n) is 14.0. The number of carbonyl (C=O) groups excluding carboxylic acids is 1. The van der Waals surface area contributed by atoms with Gasteiger partial charge in [-0.15, -0.1) is 11.3 Å². The molecular formula is C16H28N2O2S. The van der Waals surface area contributed by atoms with Gasteiger partial charge in [-0.05, 0) is 18.8 Å². The van der Waals surface area contributed by atoms with Crippen molar-refractivity contribution in [1.82, 2.24) is 10.3 Å². The number of nitrogens with one attached hydrogen (secondary N) is 1. The molecule has 0 saturated heterocycles. The van der Waals surface area contributed by atoms with Crippen molar-refractivity contribution in [3.05, 3.63) is 16.1 Å². The maximum absolute atomic E-state index is 12.0. The number of aromatic nitrogens is 1. The van der Waals surface area contributed by atoms with Gasteiger partial charge in [0, 0.05) is 17.3 Å². The Morgan fingerprint density at radius 2 is 2.00 bits per heavy atom. The minimum Gasteiger partial charge on any atom is -0.393 e. The van der Waals surface area contributed by atoms with Crippen LogP contribution in [0.1, 0.15) is 58.7 Å². The molecular weight excluding hydrogens is 284 g/mol. The Balaban J connectivity index is 2.49. The van der Waals surface area contributed by atoms with E-state index in [4.69, 9.17) is 0 Å². The highest BCUT2D eigenvalue weighted by Crippen LogP contribution is 2.25. The Morgan fingerprint density at radius 1 is 1.38 bits per heavy atom. The molecule has 4 nitrogen and oxygen atoms in total. The second-order valence-corrected chi connectivity index (χ2v) is 8.42. The van der Waals surface area contributed by atoms with Crippen LogP contribution in [0.2, 0.25) is 0 Å². The lowest BCUT2D eigenvalue weighted by atomic mass is 9.87. The number of rotatable bonds is 6. The third kappa shape index (κ3) is 6.57. The van der Waals surface area contributed by atoms with Gasteiger partial charge in [-0.1, -0.05) is 34.6 Å². The highest BCUT2D eigenvalue weighted by Gasteiger charge is 2.22. The molecule has 0 saturated carbocycles. The second-order valence-electron chi connectivity index (χ2n) is 7.56. The standard InChI is InChI=1S/C16H28N2O2S/c1-11(19)8-16(5,6)10-17-13(20)7-12-9-21-14(18-12)15(2,3)4/h9,11,19H,7-8,10H2,1-6H3,(H,17,20). The summed E-state index contributed by atoms with van der Waals surface area (Å²) in [6.45, 7) is 12.8. The van der Waals surface area contributed by atoms with E-state index in [0.29, 0.717) is 19.4 Å². The van der Waals surface area contributed by atoms with Gasteiger partial charge in [0.1, 0.15) is 0 Å². The van der Waals surface area contributed by atoms with Crippen molar-refractivity contribution in [2.24, 2.45) is 5.41 Å². The number of thiazole rings is 1. The molecule has 1 atom stereocenters. The molecule has 1 rings (SSSR count). The summed E-state index contributed by atoms with van der Waals surface area (Å²) < 4.78 is 0. The minimum absolute atomic E-state index is 0.0144. The molecule has 2 N–H and O–H groups in total. The maximum Gasteiger partial charge on any atom is 0.226 e. The van der Waals surface area contributed by atoms with Crippen molar-refractivity contribution in [3.8, 4) is 0 Å². The van der Waals surface area contributed by atoms with Crippen LogP contribution in [0.4, 0.5) is 0 Å². The summed E-state index contributed by atoms with van der Waals surface area (Å²) in [5.74, 6) is -0.0144. The van der Waals surface area contributed by atoms with Crippen LogP contribution >= 0.6 is 11.3 Å². The largest absolute Gasteiger partial charge is 0.393 e. The van der Waals surface area contributed by atoms with Gasteiger partial charge in [0.15, 0.2) is 0 Å². The van der Waals surface area contributed by atoms with Crippen LogP contribution in [0.3, 0.4) is 0 Å². The van der Waals surface area contributed by atoms with Gasteiger partial charge in [0.05, 0.1) is 23.2 Å². The molecule has 0 spiro atoms. The number of nitrogens with zero attached hydrogens (tertiary/aromatic N) is 1. The number of aliphatic hydroxyl groups is 1. The molecule has 5 heteroatoms. The molecule has 120 valence electrons. The topological polar surface area (TPSA) is 62.2 Å². The van der Waals surface area contributed by atoms with Gasteiger partial charge in [-0.25, -0.2) is 4.98 Å². The Labute approximate surface area is 132 Å². The predicted molar refractivity (Wildman–Crippen MR) is 87.6 cm³/mol. The molecule has 0 aromatic carbocycles. The van der Waals surface area contributed by atoms with Gasteiger partial charge < -0.3 is 10.4 Å². The molecule has 0 bridgehead atoms. The highest BCUT2D eigenvalue weighted by atomic mass is 32.1. The monoisotopic (exact) mass is 312 g/mol. The summed E-state index contributed by atoms with van der Waals surface area (Å²) in [4.78, 5) is 16.5. The van der Waals surface area contributed by atoms with E-state index in [1.165, 1.54) is 0 Å². The lowest BCUT2D eigenvalue weighted by Crippen LogP contribution is -2.36. The summed E-state index contributed by atoms with van der Waals surface area (Å²) in [6, 6.07) is 0. The molecule has 0 aliphatic rings. The van der Waals surface area contributed by atoms with Crippen LogP contribution in [0.25, 0.3) is 0 Å². The average Bonchev–Trinajstić information content (AvgIpc) is 2.73. The zero-order chi connectivity index (χ0) is 16.3. The first-order valence-corrected chi connectivity index (χ1v) is 8.27. The van der Waals surface area contributed by atoms with E-state index in [2.05, 4.69) is 31.1 Å². The molecule has 1 amide bonds. The first-order chi connectivity index (χ1) is 9.49. The van der Waals surface area contributed by atoms with Crippen LogP contribution in [-0.2, 0) is 16.6 Å². The summed E-state index contributed by atoms with van der Waals surface area (Å²) in [5.41, 5.74) is 0.747. The molecule has 0 radical (unpaired) electrons. The Bertz CT molecular complexity index is 473. The fourth-order valence-electron chi connectivity index (χ4n) is 2.17. The van der Waals surface area contributed by atoms with Crippen molar-refractivity contribution in [2.75, 3.05) is 6.54 Å². The zero-order valence-corrected chi connectivity index (χ0v) is 14.8. The van der Waals surface area contributed by atoms with E-state index in [1.54, 1.807) is 18.3 Å². The molecule has 0 fully saturated rings. The number of amides is 1. The van der Waals surface area contributed by atoms with Crippen LogP contribution in [0.15, 0.2) is 5.38 Å². The Morgan fingerprint density at radius 3 is 2.48 bits per heavy atom. The quantitative estimate of drug-likeness (QED) is 0.849. The van der Waals surface area contributed by atoms with E-state index in [1.807, 2.05) is 19.2 Å². The van der Waals surface area contributed by atoms with E-state index in [-0.39, 0.29) is 22.8 Å². The fourth-order valence-corrected chi connectivity index (χ4v) is 3.08. The maximum atomic E-state index is 12.0. The van der Waals surface area contributed by atoms with Crippen LogP contribution in [0.5, 0.6) is 0 Å².